The van der Waals surface area contributed by atoms with Crippen molar-refractivity contribution in [1.82, 2.24) is 20.9 Å². The fraction of sp³-hybridized carbons (Fsp3) is 0.625. The quantitative estimate of drug-likeness (QED) is 0.293. The number of urea groups is 1. The average molecular weight is 516 g/mol. The highest BCUT2D eigenvalue weighted by atomic mass is 19.4. The van der Waals surface area contributed by atoms with Crippen molar-refractivity contribution in [2.45, 2.75) is 70.8 Å². The van der Waals surface area contributed by atoms with E-state index in [4.69, 9.17) is 0 Å². The van der Waals surface area contributed by atoms with Crippen molar-refractivity contribution in [2.24, 2.45) is 0 Å². The van der Waals surface area contributed by atoms with Crippen molar-refractivity contribution in [3.05, 3.63) is 29.3 Å². The van der Waals surface area contributed by atoms with Gasteiger partial charge in [0, 0.05) is 25.7 Å². The average Bonchev–Trinajstić information content (AvgIpc) is 2.78. The number of carbonyl (C=O) groups excluding carboxylic acids is 3. The van der Waals surface area contributed by atoms with Gasteiger partial charge >= 0.3 is 12.2 Å². The molecule has 12 heteroatoms. The number of halogens is 3. The molecule has 1 aliphatic heterocycles. The van der Waals surface area contributed by atoms with Crippen LogP contribution in [0, 0.1) is 0 Å². The molecule has 1 heterocycles. The van der Waals surface area contributed by atoms with Gasteiger partial charge in [-0.15, -0.1) is 0 Å². The number of benzene rings is 1. The largest absolute Gasteiger partial charge is 0.416 e. The standard InChI is InChI=1S/C24H36F3N5O4/c1-4-7-20(33)19(13-28-15(3)5-2)30-21(34)14-29-22(35)17-12-16(24(25,26)27)8-9-18(17)31-23(36)32-10-6-11-32/h8-9,12,15,19-20,28,33H,4-7,10-11,13-14H2,1-3H3,(H,29,35)(H,30,34)(H,31,36). The molecule has 1 aromatic carbocycles. The number of hydrogen-bond acceptors (Lipinski definition) is 5. The normalized spacial score (nSPS) is 15.9. The van der Waals surface area contributed by atoms with Crippen molar-refractivity contribution in [2.75, 3.05) is 31.5 Å². The predicted octanol–water partition coefficient (Wildman–Crippen LogP) is 2.71. The topological polar surface area (TPSA) is 123 Å². The SMILES string of the molecule is CCCC(O)C(CNC(C)CC)NC(=O)CNC(=O)c1cc(C(F)(F)F)ccc1NC(=O)N1CCC1. The molecule has 1 fully saturated rings. The lowest BCUT2D eigenvalue weighted by molar-refractivity contribution is -0.137. The Morgan fingerprint density at radius 3 is 2.42 bits per heavy atom. The predicted molar refractivity (Wildman–Crippen MR) is 130 cm³/mol. The van der Waals surface area contributed by atoms with Crippen molar-refractivity contribution in [3.63, 3.8) is 0 Å². The van der Waals surface area contributed by atoms with E-state index in [2.05, 4.69) is 21.3 Å². The van der Waals surface area contributed by atoms with Gasteiger partial charge in [-0.3, -0.25) is 9.59 Å². The van der Waals surface area contributed by atoms with Crippen LogP contribution in [0.5, 0.6) is 0 Å². The second kappa shape index (κ2) is 13.4. The number of anilines is 1. The minimum Gasteiger partial charge on any atom is -0.391 e. The van der Waals surface area contributed by atoms with Crippen molar-refractivity contribution in [1.29, 1.82) is 0 Å². The first-order valence-electron chi connectivity index (χ1n) is 12.2. The first-order valence-corrected chi connectivity index (χ1v) is 12.2. The van der Waals surface area contributed by atoms with Gasteiger partial charge in [-0.05, 0) is 44.4 Å². The zero-order valence-corrected chi connectivity index (χ0v) is 20.9. The molecular weight excluding hydrogens is 479 g/mol. The van der Waals surface area contributed by atoms with Crippen LogP contribution in [0.1, 0.15) is 62.4 Å². The molecule has 202 valence electrons. The molecular formula is C24H36F3N5O4. The third kappa shape index (κ3) is 8.66. The Morgan fingerprint density at radius 2 is 1.86 bits per heavy atom. The maximum absolute atomic E-state index is 13.2. The van der Waals surface area contributed by atoms with Crippen LogP contribution in [0.3, 0.4) is 0 Å². The van der Waals surface area contributed by atoms with Crippen LogP contribution < -0.4 is 21.3 Å². The van der Waals surface area contributed by atoms with Gasteiger partial charge in [0.15, 0.2) is 0 Å². The molecule has 0 aliphatic carbocycles. The van der Waals surface area contributed by atoms with Gasteiger partial charge in [-0.25, -0.2) is 4.79 Å². The highest BCUT2D eigenvalue weighted by Crippen LogP contribution is 2.32. The van der Waals surface area contributed by atoms with Crippen LogP contribution >= 0.6 is 0 Å². The number of aliphatic hydroxyl groups excluding tert-OH is 1. The maximum Gasteiger partial charge on any atom is 0.416 e. The number of amides is 4. The number of hydrogen-bond donors (Lipinski definition) is 5. The Hall–Kier alpha value is -2.86. The van der Waals surface area contributed by atoms with E-state index in [1.165, 1.54) is 4.90 Å². The lowest BCUT2D eigenvalue weighted by Crippen LogP contribution is -2.52. The Kier molecular flexibility index (Phi) is 11.0. The monoisotopic (exact) mass is 515 g/mol. The van der Waals surface area contributed by atoms with Crippen LogP contribution in [0.4, 0.5) is 23.7 Å². The number of aliphatic hydroxyl groups is 1. The van der Waals surface area contributed by atoms with Crippen LogP contribution in [-0.4, -0.2) is 72.2 Å². The number of rotatable bonds is 12. The molecule has 1 saturated heterocycles. The molecule has 1 aliphatic rings. The third-order valence-corrected chi connectivity index (χ3v) is 6.08. The lowest BCUT2D eigenvalue weighted by Gasteiger charge is -2.31. The Labute approximate surface area is 209 Å². The molecule has 3 atom stereocenters. The Balaban J connectivity index is 2.09. The zero-order valence-electron chi connectivity index (χ0n) is 20.9. The van der Waals surface area contributed by atoms with E-state index in [0.717, 1.165) is 25.0 Å². The minimum atomic E-state index is -4.70. The van der Waals surface area contributed by atoms with E-state index in [9.17, 15) is 32.7 Å². The summed E-state index contributed by atoms with van der Waals surface area (Å²) in [6.45, 7) is 6.70. The van der Waals surface area contributed by atoms with E-state index in [1.54, 1.807) is 0 Å². The molecule has 3 unspecified atom stereocenters. The van der Waals surface area contributed by atoms with Crippen LogP contribution in [0.15, 0.2) is 18.2 Å². The summed E-state index contributed by atoms with van der Waals surface area (Å²) in [6.07, 6.45) is -2.66. The fourth-order valence-corrected chi connectivity index (χ4v) is 3.50. The van der Waals surface area contributed by atoms with Gasteiger partial charge in [0.1, 0.15) is 0 Å². The molecule has 2 rings (SSSR count). The molecule has 0 radical (unpaired) electrons. The number of nitrogens with one attached hydrogen (secondary N) is 4. The van der Waals surface area contributed by atoms with Crippen molar-refractivity contribution < 1.29 is 32.7 Å². The Morgan fingerprint density at radius 1 is 1.17 bits per heavy atom. The molecule has 4 amide bonds. The van der Waals surface area contributed by atoms with Gasteiger partial charge in [-0.1, -0.05) is 20.3 Å². The zero-order chi connectivity index (χ0) is 26.9. The van der Waals surface area contributed by atoms with Gasteiger partial charge in [0.25, 0.3) is 5.91 Å². The minimum absolute atomic E-state index is 0.0909. The van der Waals surface area contributed by atoms with Crippen molar-refractivity contribution >= 4 is 23.5 Å². The third-order valence-electron chi connectivity index (χ3n) is 6.08. The van der Waals surface area contributed by atoms with E-state index in [0.29, 0.717) is 38.5 Å². The van der Waals surface area contributed by atoms with E-state index < -0.39 is 53.8 Å². The first kappa shape index (κ1) is 29.4. The molecule has 9 nitrogen and oxygen atoms in total. The smallest absolute Gasteiger partial charge is 0.391 e. The highest BCUT2D eigenvalue weighted by molar-refractivity contribution is 6.04. The summed E-state index contributed by atoms with van der Waals surface area (Å²) in [4.78, 5) is 39.0. The summed E-state index contributed by atoms with van der Waals surface area (Å²) in [6, 6.07) is 1.48. The second-order valence-electron chi connectivity index (χ2n) is 8.96. The molecule has 1 aromatic rings. The summed E-state index contributed by atoms with van der Waals surface area (Å²) in [5, 5.41) is 21.1. The van der Waals surface area contributed by atoms with E-state index in [-0.39, 0.29) is 11.7 Å². The molecule has 0 spiro atoms. The fourth-order valence-electron chi connectivity index (χ4n) is 3.50. The Bertz CT molecular complexity index is 908. The van der Waals surface area contributed by atoms with Gasteiger partial charge in [0.2, 0.25) is 5.91 Å². The summed E-state index contributed by atoms with van der Waals surface area (Å²) < 4.78 is 39.7. The highest BCUT2D eigenvalue weighted by Gasteiger charge is 2.32. The summed E-state index contributed by atoms with van der Waals surface area (Å²) in [5.74, 6) is -1.55. The van der Waals surface area contributed by atoms with Crippen LogP contribution in [0.25, 0.3) is 0 Å². The van der Waals surface area contributed by atoms with E-state index in [1.807, 2.05) is 20.8 Å². The molecule has 0 bridgehead atoms. The van der Waals surface area contributed by atoms with Gasteiger partial charge in [-0.2, -0.15) is 13.2 Å². The lowest BCUT2D eigenvalue weighted by atomic mass is 10.1. The molecule has 0 aromatic heterocycles. The number of carbonyl (C=O) groups is 3. The molecule has 36 heavy (non-hydrogen) atoms. The van der Waals surface area contributed by atoms with Gasteiger partial charge in [0.05, 0.1) is 35.5 Å². The maximum atomic E-state index is 13.2. The van der Waals surface area contributed by atoms with Crippen molar-refractivity contribution in [3.8, 4) is 0 Å². The van der Waals surface area contributed by atoms with Crippen LogP contribution in [-0.2, 0) is 11.0 Å². The van der Waals surface area contributed by atoms with E-state index >= 15 is 0 Å². The van der Waals surface area contributed by atoms with Gasteiger partial charge < -0.3 is 31.3 Å². The summed E-state index contributed by atoms with van der Waals surface area (Å²) >= 11 is 0. The summed E-state index contributed by atoms with van der Waals surface area (Å²) in [7, 11) is 0. The first-order chi connectivity index (χ1) is 17.0. The number of nitrogens with zero attached hydrogens (tertiary/aromatic N) is 1. The molecule has 5 N–H and O–H groups in total. The second-order valence-corrected chi connectivity index (χ2v) is 8.96. The summed E-state index contributed by atoms with van der Waals surface area (Å²) in [5.41, 5.74) is -1.56. The molecule has 0 saturated carbocycles. The number of likely N-dealkylation sites (tertiary alicyclic amines) is 1. The number of alkyl halides is 3. The van der Waals surface area contributed by atoms with Crippen LogP contribution in [0.2, 0.25) is 0 Å².